The predicted molar refractivity (Wildman–Crippen MR) is 207 cm³/mol. The van der Waals surface area contributed by atoms with Crippen LogP contribution in [0.15, 0.2) is 170 Å². The van der Waals surface area contributed by atoms with E-state index in [-0.39, 0.29) is 0 Å². The van der Waals surface area contributed by atoms with E-state index in [4.69, 9.17) is 15.0 Å². The van der Waals surface area contributed by atoms with E-state index in [1.165, 1.54) is 49.8 Å². The van der Waals surface area contributed by atoms with Crippen LogP contribution >= 0.6 is 0 Å². The van der Waals surface area contributed by atoms with Gasteiger partial charge in [-0.3, -0.25) is 0 Å². The van der Waals surface area contributed by atoms with Crippen molar-refractivity contribution in [3.8, 4) is 67.5 Å². The molecule has 0 saturated heterocycles. The predicted octanol–water partition coefficient (Wildman–Crippen LogP) is 11.5. The van der Waals surface area contributed by atoms with Gasteiger partial charge in [-0.1, -0.05) is 170 Å². The van der Waals surface area contributed by atoms with Crippen LogP contribution in [0, 0.1) is 0 Å². The lowest BCUT2D eigenvalue weighted by atomic mass is 9.90. The number of benzene rings is 7. The number of hydrogen-bond donors (Lipinski definition) is 1. The summed E-state index contributed by atoms with van der Waals surface area (Å²) in [5.41, 5.74) is 12.5. The minimum atomic E-state index is 0.649. The lowest BCUT2D eigenvalue weighted by Gasteiger charge is -2.17. The molecule has 9 rings (SSSR count). The monoisotopic (exact) mass is 640 g/mol. The van der Waals surface area contributed by atoms with Crippen molar-refractivity contribution in [1.29, 1.82) is 0 Å². The van der Waals surface area contributed by atoms with Gasteiger partial charge in [0.2, 0.25) is 0 Å². The average molecular weight is 641 g/mol. The molecule has 50 heavy (non-hydrogen) atoms. The molecule has 0 unspecified atom stereocenters. The highest BCUT2D eigenvalue weighted by atomic mass is 15.0. The Morgan fingerprint density at radius 2 is 0.800 bits per heavy atom. The van der Waals surface area contributed by atoms with Gasteiger partial charge in [0.15, 0.2) is 17.5 Å². The number of nitrogens with zero attached hydrogens (tertiary/aromatic N) is 3. The van der Waals surface area contributed by atoms with Crippen molar-refractivity contribution in [2.24, 2.45) is 0 Å². The standard InChI is InChI=1S/C46H32N4/c1-3-11-34(12-4-1)44-48-45(35-13-5-2-6-14-35)50-46(49-44)36-26-24-33(25-27-36)39-29-28-38(40-15-7-8-16-41(39)40)32-22-20-31(21-23-32)37-17-9-19-43-42(37)18-10-30-47-43/h1-29,47H,30H2. The fourth-order valence-electron chi connectivity index (χ4n) is 6.86. The zero-order chi connectivity index (χ0) is 33.3. The molecule has 236 valence electrons. The van der Waals surface area contributed by atoms with E-state index >= 15 is 0 Å². The van der Waals surface area contributed by atoms with Crippen LogP contribution < -0.4 is 5.32 Å². The van der Waals surface area contributed by atoms with Crippen LogP contribution in [0.25, 0.3) is 84.4 Å². The van der Waals surface area contributed by atoms with E-state index in [0.717, 1.165) is 28.8 Å². The van der Waals surface area contributed by atoms with Crippen molar-refractivity contribution in [2.45, 2.75) is 0 Å². The molecule has 1 N–H and O–H groups in total. The molecule has 1 aliphatic heterocycles. The highest BCUT2D eigenvalue weighted by molar-refractivity contribution is 6.05. The van der Waals surface area contributed by atoms with Gasteiger partial charge in [-0.2, -0.15) is 0 Å². The SMILES string of the molecule is C1=Cc2c(cccc2-c2ccc(-c3ccc(-c4ccc(-c5nc(-c6ccccc6)nc(-c6ccccc6)n5)cc4)c4ccccc34)cc2)NC1. The van der Waals surface area contributed by atoms with Crippen LogP contribution in [0.5, 0.6) is 0 Å². The van der Waals surface area contributed by atoms with Crippen LogP contribution in [0.1, 0.15) is 5.56 Å². The Morgan fingerprint density at radius 3 is 1.32 bits per heavy atom. The third-order valence-electron chi connectivity index (χ3n) is 9.39. The summed E-state index contributed by atoms with van der Waals surface area (Å²) in [6.07, 6.45) is 4.40. The number of rotatable bonds is 6. The average Bonchev–Trinajstić information content (AvgIpc) is 3.21. The van der Waals surface area contributed by atoms with Gasteiger partial charge in [0.25, 0.3) is 0 Å². The van der Waals surface area contributed by atoms with E-state index in [2.05, 4.69) is 121 Å². The summed E-state index contributed by atoms with van der Waals surface area (Å²) in [6.45, 7) is 0.868. The fraction of sp³-hybridized carbons (Fsp3) is 0.0217. The molecule has 0 aliphatic carbocycles. The van der Waals surface area contributed by atoms with Gasteiger partial charge in [-0.05, 0) is 50.2 Å². The van der Waals surface area contributed by atoms with Crippen LogP contribution in [-0.4, -0.2) is 21.5 Å². The first-order valence-corrected chi connectivity index (χ1v) is 16.9. The minimum absolute atomic E-state index is 0.649. The maximum atomic E-state index is 4.91. The normalized spacial score (nSPS) is 12.0. The lowest BCUT2D eigenvalue weighted by Crippen LogP contribution is -2.04. The molecule has 0 saturated carbocycles. The van der Waals surface area contributed by atoms with Gasteiger partial charge < -0.3 is 5.32 Å². The van der Waals surface area contributed by atoms with Crippen molar-refractivity contribution >= 4 is 22.5 Å². The zero-order valence-corrected chi connectivity index (χ0v) is 27.3. The molecule has 8 aromatic rings. The van der Waals surface area contributed by atoms with E-state index < -0.39 is 0 Å². The van der Waals surface area contributed by atoms with Gasteiger partial charge in [-0.25, -0.2) is 15.0 Å². The summed E-state index contributed by atoms with van der Waals surface area (Å²) in [6, 6.07) is 57.3. The summed E-state index contributed by atoms with van der Waals surface area (Å²) < 4.78 is 0. The molecular formula is C46H32N4. The first-order valence-electron chi connectivity index (χ1n) is 16.9. The van der Waals surface area contributed by atoms with Gasteiger partial charge >= 0.3 is 0 Å². The Kier molecular flexibility index (Phi) is 7.52. The third-order valence-corrected chi connectivity index (χ3v) is 9.39. The lowest BCUT2D eigenvalue weighted by molar-refractivity contribution is 1.07. The smallest absolute Gasteiger partial charge is 0.164 e. The summed E-state index contributed by atoms with van der Waals surface area (Å²) in [4.78, 5) is 14.7. The van der Waals surface area contributed by atoms with Gasteiger partial charge in [0.1, 0.15) is 0 Å². The van der Waals surface area contributed by atoms with Crippen LogP contribution in [0.3, 0.4) is 0 Å². The number of nitrogens with one attached hydrogen (secondary N) is 1. The molecule has 0 radical (unpaired) electrons. The van der Waals surface area contributed by atoms with Crippen molar-refractivity contribution in [3.05, 3.63) is 175 Å². The second-order valence-electron chi connectivity index (χ2n) is 12.4. The number of fused-ring (bicyclic) bond motifs is 2. The van der Waals surface area contributed by atoms with E-state index in [9.17, 15) is 0 Å². The molecular weight excluding hydrogens is 609 g/mol. The largest absolute Gasteiger partial charge is 0.381 e. The van der Waals surface area contributed by atoms with E-state index in [1.54, 1.807) is 0 Å². The molecule has 0 amide bonds. The van der Waals surface area contributed by atoms with E-state index in [1.807, 2.05) is 60.7 Å². The van der Waals surface area contributed by atoms with Crippen LogP contribution in [0.2, 0.25) is 0 Å². The summed E-state index contributed by atoms with van der Waals surface area (Å²) in [5, 5.41) is 5.92. The van der Waals surface area contributed by atoms with Gasteiger partial charge in [0, 0.05) is 34.5 Å². The molecule has 1 aromatic heterocycles. The second kappa shape index (κ2) is 12.8. The molecule has 0 atom stereocenters. The first kappa shape index (κ1) is 29.5. The Morgan fingerprint density at radius 1 is 0.360 bits per heavy atom. The van der Waals surface area contributed by atoms with Crippen LogP contribution in [-0.2, 0) is 0 Å². The first-order chi connectivity index (χ1) is 24.8. The second-order valence-corrected chi connectivity index (χ2v) is 12.4. The Hall–Kier alpha value is -6.65. The molecule has 0 bridgehead atoms. The number of anilines is 1. The van der Waals surface area contributed by atoms with Crippen molar-refractivity contribution in [3.63, 3.8) is 0 Å². The molecule has 0 spiro atoms. The van der Waals surface area contributed by atoms with Crippen molar-refractivity contribution < 1.29 is 0 Å². The van der Waals surface area contributed by atoms with Gasteiger partial charge in [0.05, 0.1) is 0 Å². The number of hydrogen-bond acceptors (Lipinski definition) is 4. The molecule has 4 nitrogen and oxygen atoms in total. The third kappa shape index (κ3) is 5.53. The topological polar surface area (TPSA) is 50.7 Å². The molecule has 1 aliphatic rings. The highest BCUT2D eigenvalue weighted by Crippen LogP contribution is 2.38. The van der Waals surface area contributed by atoms with Crippen LogP contribution in [0.4, 0.5) is 5.69 Å². The summed E-state index contributed by atoms with van der Waals surface area (Å²) >= 11 is 0. The van der Waals surface area contributed by atoms with Crippen molar-refractivity contribution in [2.75, 3.05) is 11.9 Å². The van der Waals surface area contributed by atoms with E-state index in [0.29, 0.717) is 17.5 Å². The maximum absolute atomic E-state index is 4.91. The summed E-state index contributed by atoms with van der Waals surface area (Å²) in [5.74, 6) is 1.96. The minimum Gasteiger partial charge on any atom is -0.381 e. The summed E-state index contributed by atoms with van der Waals surface area (Å²) in [7, 11) is 0. The highest BCUT2D eigenvalue weighted by Gasteiger charge is 2.15. The zero-order valence-electron chi connectivity index (χ0n) is 27.3. The molecule has 7 aromatic carbocycles. The molecule has 4 heteroatoms. The Labute approximate surface area is 291 Å². The molecule has 0 fully saturated rings. The molecule has 2 heterocycles. The Balaban J connectivity index is 1.06. The maximum Gasteiger partial charge on any atom is 0.164 e. The quantitative estimate of drug-likeness (QED) is 0.196. The Bertz CT molecular complexity index is 2450. The fourth-order valence-corrected chi connectivity index (χ4v) is 6.86. The van der Waals surface area contributed by atoms with Gasteiger partial charge in [-0.15, -0.1) is 0 Å². The van der Waals surface area contributed by atoms with Crippen molar-refractivity contribution in [1.82, 2.24) is 15.0 Å². The number of aromatic nitrogens is 3.